The van der Waals surface area contributed by atoms with Crippen LogP contribution in [0.15, 0.2) is 42.5 Å². The molecule has 168 valence electrons. The molecule has 2 unspecified atom stereocenters. The maximum absolute atomic E-state index is 12.8. The van der Waals surface area contributed by atoms with Gasteiger partial charge in [0.15, 0.2) is 6.10 Å². The smallest absolute Gasteiger partial charge is 0.322 e. The molecule has 0 bridgehead atoms. The lowest BCUT2D eigenvalue weighted by Gasteiger charge is -2.33. The number of rotatable bonds is 4. The number of hydrogen-bond donors (Lipinski definition) is 3. The number of amides is 5. The Labute approximate surface area is 187 Å². The first-order valence-corrected chi connectivity index (χ1v) is 10.5. The van der Waals surface area contributed by atoms with Crippen molar-refractivity contribution in [2.45, 2.75) is 37.8 Å². The van der Waals surface area contributed by atoms with E-state index in [9.17, 15) is 19.2 Å². The van der Waals surface area contributed by atoms with Gasteiger partial charge in [-0.05, 0) is 41.8 Å². The minimum Gasteiger partial charge on any atom is -0.478 e. The van der Waals surface area contributed by atoms with Gasteiger partial charge in [-0.3, -0.25) is 24.6 Å². The Morgan fingerprint density at radius 3 is 2.72 bits per heavy atom. The average molecular weight is 438 g/mol. The van der Waals surface area contributed by atoms with Crippen LogP contribution in [0.4, 0.5) is 16.2 Å². The number of carbonyl (C=O) groups excluding carboxylic acids is 4. The van der Waals surface area contributed by atoms with Crippen LogP contribution in [0.2, 0.25) is 0 Å². The highest BCUT2D eigenvalue weighted by atomic mass is 16.5. The van der Waals surface area contributed by atoms with Gasteiger partial charge in [-0.25, -0.2) is 4.79 Å². The first-order valence-electron chi connectivity index (χ1n) is 10.5. The summed E-state index contributed by atoms with van der Waals surface area (Å²) in [5.41, 5.74) is 2.01. The highest BCUT2D eigenvalue weighted by molar-refractivity contribution is 6.08. The molecule has 0 saturated carbocycles. The molecule has 2 aliphatic heterocycles. The van der Waals surface area contributed by atoms with Crippen molar-refractivity contribution in [3.05, 3.63) is 53.6 Å². The number of nitrogens with one attached hydrogen (secondary N) is 3. The lowest BCUT2D eigenvalue weighted by molar-refractivity contribution is -0.128. The summed E-state index contributed by atoms with van der Waals surface area (Å²) in [6, 6.07) is 12.1. The normalized spacial score (nSPS) is 23.3. The predicted molar refractivity (Wildman–Crippen MR) is 120 cm³/mol. The van der Waals surface area contributed by atoms with E-state index < -0.39 is 17.7 Å². The average Bonchev–Trinajstić information content (AvgIpc) is 3.26. The molecule has 0 aromatic heterocycles. The van der Waals surface area contributed by atoms with Crippen molar-refractivity contribution in [2.75, 3.05) is 16.8 Å². The summed E-state index contributed by atoms with van der Waals surface area (Å²) in [6.45, 7) is 1.72. The van der Waals surface area contributed by atoms with Crippen LogP contribution in [0.3, 0.4) is 0 Å². The molecule has 9 nitrogen and oxygen atoms in total. The number of urea groups is 1. The third-order valence-electron chi connectivity index (χ3n) is 6.13. The summed E-state index contributed by atoms with van der Waals surface area (Å²) >= 11 is 0. The zero-order valence-electron chi connectivity index (χ0n) is 17.4. The standard InChI is InChI=1S/C23H22N4O5.2H2/c1-2-17-20(29)27(16-5-3-4-6-18(16)32-17)12-19(28)24-15-8-7-13-10-23(11-14(13)9-15)21(30)25-22(31)26-23;;/h3-9,17H,2,10-12H2,1H3,(H,24,28)(H2,25,26,30,31);2*1H. The third-order valence-corrected chi connectivity index (χ3v) is 6.13. The number of para-hydroxylation sites is 2. The number of imide groups is 1. The summed E-state index contributed by atoms with van der Waals surface area (Å²) < 4.78 is 5.75. The first kappa shape index (κ1) is 20.0. The van der Waals surface area contributed by atoms with Crippen LogP contribution in [-0.2, 0) is 27.2 Å². The number of anilines is 2. The lowest BCUT2D eigenvalue weighted by Crippen LogP contribution is -2.48. The van der Waals surface area contributed by atoms with E-state index >= 15 is 0 Å². The molecule has 9 heteroatoms. The second-order valence-corrected chi connectivity index (χ2v) is 8.28. The number of ether oxygens (including phenoxy) is 1. The van der Waals surface area contributed by atoms with Gasteiger partial charge < -0.3 is 15.4 Å². The molecular weight excluding hydrogens is 412 g/mol. The molecule has 5 rings (SSSR count). The van der Waals surface area contributed by atoms with Crippen LogP contribution in [0.5, 0.6) is 5.75 Å². The molecule has 3 aliphatic rings. The molecular formula is C23H26N4O5. The van der Waals surface area contributed by atoms with Crippen LogP contribution in [0.1, 0.15) is 27.3 Å². The second kappa shape index (κ2) is 7.37. The van der Waals surface area contributed by atoms with E-state index in [1.807, 2.05) is 25.1 Å². The Morgan fingerprint density at radius 1 is 1.19 bits per heavy atom. The SMILES string of the molecule is CCC1Oc2ccccc2N(CC(=O)Nc2ccc3c(c2)CC2(C3)NC(=O)NC2=O)C1=O.[HH].[HH]. The van der Waals surface area contributed by atoms with Crippen molar-refractivity contribution in [3.63, 3.8) is 0 Å². The Morgan fingerprint density at radius 2 is 1.97 bits per heavy atom. The monoisotopic (exact) mass is 438 g/mol. The van der Waals surface area contributed by atoms with E-state index in [4.69, 9.17) is 4.74 Å². The highest BCUT2D eigenvalue weighted by Gasteiger charge is 2.50. The fourth-order valence-electron chi connectivity index (χ4n) is 4.57. The van der Waals surface area contributed by atoms with Gasteiger partial charge in [-0.2, -0.15) is 0 Å². The van der Waals surface area contributed by atoms with Crippen LogP contribution in [0, 0.1) is 0 Å². The second-order valence-electron chi connectivity index (χ2n) is 8.28. The summed E-state index contributed by atoms with van der Waals surface area (Å²) in [5.74, 6) is -0.351. The van der Waals surface area contributed by atoms with E-state index in [0.29, 0.717) is 36.4 Å². The third kappa shape index (κ3) is 3.26. The Bertz CT molecular complexity index is 1170. The van der Waals surface area contributed by atoms with Crippen molar-refractivity contribution in [1.82, 2.24) is 10.6 Å². The molecule has 32 heavy (non-hydrogen) atoms. The molecule has 1 spiro atoms. The maximum Gasteiger partial charge on any atom is 0.322 e. The van der Waals surface area contributed by atoms with Crippen LogP contribution in [0.25, 0.3) is 0 Å². The lowest BCUT2D eigenvalue weighted by atomic mass is 9.96. The van der Waals surface area contributed by atoms with Crippen molar-refractivity contribution in [2.24, 2.45) is 0 Å². The van der Waals surface area contributed by atoms with Gasteiger partial charge in [0, 0.05) is 21.4 Å². The summed E-state index contributed by atoms with van der Waals surface area (Å²) in [4.78, 5) is 50.9. The predicted octanol–water partition coefficient (Wildman–Crippen LogP) is 2.00. The van der Waals surface area contributed by atoms with Crippen molar-refractivity contribution < 1.29 is 26.8 Å². The Hall–Kier alpha value is -3.88. The molecule has 2 heterocycles. The van der Waals surface area contributed by atoms with Gasteiger partial charge in [-0.1, -0.05) is 25.1 Å². The van der Waals surface area contributed by atoms with E-state index in [1.165, 1.54) is 4.90 Å². The summed E-state index contributed by atoms with van der Waals surface area (Å²) in [5, 5.41) is 7.85. The summed E-state index contributed by atoms with van der Waals surface area (Å²) in [6.07, 6.45) is 0.645. The van der Waals surface area contributed by atoms with Crippen LogP contribution in [-0.4, -0.2) is 41.9 Å². The van der Waals surface area contributed by atoms with Gasteiger partial charge >= 0.3 is 6.03 Å². The molecule has 2 aromatic rings. The molecule has 2 atom stereocenters. The topological polar surface area (TPSA) is 117 Å². The minimum atomic E-state index is -0.957. The molecule has 2 aromatic carbocycles. The zero-order valence-corrected chi connectivity index (χ0v) is 17.4. The van der Waals surface area contributed by atoms with Crippen molar-refractivity contribution in [1.29, 1.82) is 0 Å². The van der Waals surface area contributed by atoms with E-state index in [-0.39, 0.29) is 27.1 Å². The fraction of sp³-hybridized carbons (Fsp3) is 0.304. The van der Waals surface area contributed by atoms with Crippen molar-refractivity contribution >= 4 is 35.1 Å². The van der Waals surface area contributed by atoms with Gasteiger partial charge in [0.2, 0.25) is 5.91 Å². The first-order chi connectivity index (χ1) is 15.4. The zero-order chi connectivity index (χ0) is 22.5. The van der Waals surface area contributed by atoms with Gasteiger partial charge in [0.05, 0.1) is 5.69 Å². The van der Waals surface area contributed by atoms with Crippen molar-refractivity contribution in [3.8, 4) is 5.75 Å². The maximum atomic E-state index is 12.8. The molecule has 1 saturated heterocycles. The molecule has 3 N–H and O–H groups in total. The Balaban J connectivity index is 0.00000162. The van der Waals surface area contributed by atoms with Gasteiger partial charge in [-0.15, -0.1) is 0 Å². The fourth-order valence-corrected chi connectivity index (χ4v) is 4.57. The number of benzene rings is 2. The van der Waals surface area contributed by atoms with E-state index in [1.54, 1.807) is 24.3 Å². The van der Waals surface area contributed by atoms with Gasteiger partial charge in [0.1, 0.15) is 17.8 Å². The number of carbonyl (C=O) groups is 4. The largest absolute Gasteiger partial charge is 0.478 e. The quantitative estimate of drug-likeness (QED) is 0.632. The summed E-state index contributed by atoms with van der Waals surface area (Å²) in [7, 11) is 0. The van der Waals surface area contributed by atoms with Gasteiger partial charge in [0.25, 0.3) is 11.8 Å². The molecule has 1 aliphatic carbocycles. The number of fused-ring (bicyclic) bond motifs is 2. The number of hydrogen-bond acceptors (Lipinski definition) is 5. The number of nitrogens with zero attached hydrogens (tertiary/aromatic N) is 1. The molecule has 1 fully saturated rings. The van der Waals surface area contributed by atoms with E-state index in [2.05, 4.69) is 16.0 Å². The molecule has 5 amide bonds. The van der Waals surface area contributed by atoms with Crippen LogP contribution < -0.4 is 25.6 Å². The Kier molecular flexibility index (Phi) is 4.61. The van der Waals surface area contributed by atoms with Crippen LogP contribution >= 0.6 is 0 Å². The highest BCUT2D eigenvalue weighted by Crippen LogP contribution is 2.35. The molecule has 0 radical (unpaired) electrons. The van der Waals surface area contributed by atoms with E-state index in [0.717, 1.165) is 11.1 Å². The minimum absolute atomic E-state index is 0.